The lowest BCUT2D eigenvalue weighted by Crippen LogP contribution is -2.27. The highest BCUT2D eigenvalue weighted by atomic mass is 35.5. The van der Waals surface area contributed by atoms with E-state index in [0.717, 1.165) is 0 Å². The van der Waals surface area contributed by atoms with E-state index < -0.39 is 0 Å². The molecule has 0 aliphatic carbocycles. The highest BCUT2D eigenvalue weighted by Crippen LogP contribution is 2.17. The first-order valence-corrected chi connectivity index (χ1v) is 17.4. The van der Waals surface area contributed by atoms with Gasteiger partial charge in [-0.2, -0.15) is 9.36 Å². The third kappa shape index (κ3) is 7.80. The van der Waals surface area contributed by atoms with Crippen LogP contribution in [-0.4, -0.2) is 31.4 Å². The summed E-state index contributed by atoms with van der Waals surface area (Å²) in [4.78, 5) is 48.1. The van der Waals surface area contributed by atoms with Gasteiger partial charge in [-0.3, -0.25) is 19.8 Å². The number of aromatic nitrogens is 4. The monoisotopic (exact) mass is 734 g/mol. The maximum Gasteiger partial charge on any atom is 0.279 e. The smallest absolute Gasteiger partial charge is 0.267 e. The number of rotatable bonds is 6. The molecule has 0 aliphatic rings. The van der Waals surface area contributed by atoms with Gasteiger partial charge in [-0.25, -0.2) is 20.0 Å². The molecule has 0 spiro atoms. The molecule has 2 heterocycles. The van der Waals surface area contributed by atoms with Crippen molar-refractivity contribution in [3.8, 4) is 0 Å². The van der Waals surface area contributed by atoms with Gasteiger partial charge in [-0.05, 0) is 97.1 Å². The Morgan fingerprint density at radius 3 is 1.16 bits per heavy atom. The van der Waals surface area contributed by atoms with Gasteiger partial charge in [0.05, 0.1) is 22.7 Å². The van der Waals surface area contributed by atoms with E-state index in [4.69, 9.17) is 33.2 Å². The molecular weight excluding hydrogens is 711 g/mol. The topological polar surface area (TPSA) is 125 Å². The predicted molar refractivity (Wildman–Crippen MR) is 196 cm³/mol. The molecule has 14 heteroatoms. The van der Waals surface area contributed by atoms with Gasteiger partial charge in [0.25, 0.3) is 11.8 Å². The highest BCUT2D eigenvalue weighted by Gasteiger charge is 2.16. The van der Waals surface area contributed by atoms with Crippen LogP contribution in [0.3, 0.4) is 0 Å². The van der Waals surface area contributed by atoms with Crippen LogP contribution in [-0.2, 0) is 0 Å². The van der Waals surface area contributed by atoms with Gasteiger partial charge in [0.1, 0.15) is 0 Å². The fourth-order valence-electron chi connectivity index (χ4n) is 4.62. The Bertz CT molecular complexity index is 2400. The number of nitrogens with one attached hydrogen (secondary N) is 2. The van der Waals surface area contributed by atoms with Gasteiger partial charge in [0.2, 0.25) is 19.2 Å². The molecule has 0 atom stereocenters. The highest BCUT2D eigenvalue weighted by molar-refractivity contribution is 7.06. The Labute approximate surface area is 302 Å². The van der Waals surface area contributed by atoms with Crippen LogP contribution in [0.25, 0.3) is 0 Å². The quantitative estimate of drug-likeness (QED) is 0.182. The molecule has 0 bridgehead atoms. The Morgan fingerprint density at radius 2 is 0.800 bits per heavy atom. The van der Waals surface area contributed by atoms with Crippen LogP contribution in [0.1, 0.15) is 20.7 Å². The lowest BCUT2D eigenvalue weighted by molar-refractivity contribution is 0.0928. The van der Waals surface area contributed by atoms with Crippen LogP contribution in [0.15, 0.2) is 153 Å². The predicted octanol–water partition coefficient (Wildman–Crippen LogP) is 7.68. The summed E-state index contributed by atoms with van der Waals surface area (Å²) in [6.07, 6.45) is 0. The molecule has 2 aromatic heterocycles. The molecule has 246 valence electrons. The van der Waals surface area contributed by atoms with Crippen LogP contribution in [0.2, 0.25) is 10.0 Å². The third-order valence-electron chi connectivity index (χ3n) is 7.03. The summed E-state index contributed by atoms with van der Waals surface area (Å²) in [7, 11) is 0. The number of benzene rings is 5. The molecule has 2 N–H and O–H groups in total. The molecule has 0 saturated carbocycles. The molecule has 0 aliphatic heterocycles. The van der Waals surface area contributed by atoms with E-state index in [1.54, 1.807) is 72.8 Å². The number of aromatic amines is 2. The fraction of sp³-hybridized carbons (Fsp3) is 0. The SMILES string of the molecule is O=C(c1ccc(C(=O)n2[nH]c(=Nc3ccc(Cl)cc3)sc2=Nc2ccccc2)cc1)n1[nH]c(=Nc2ccc(Cl)cc2)sc1=Nc1ccccc1. The summed E-state index contributed by atoms with van der Waals surface area (Å²) >= 11 is 14.5. The zero-order valence-electron chi connectivity index (χ0n) is 25.8. The van der Waals surface area contributed by atoms with Crippen molar-refractivity contribution in [2.45, 2.75) is 0 Å². The van der Waals surface area contributed by atoms with Gasteiger partial charge in [-0.1, -0.05) is 82.3 Å². The third-order valence-corrected chi connectivity index (χ3v) is 9.20. The Morgan fingerprint density at radius 1 is 0.460 bits per heavy atom. The van der Waals surface area contributed by atoms with Crippen LogP contribution in [0.5, 0.6) is 0 Å². The zero-order valence-corrected chi connectivity index (χ0v) is 28.9. The lowest BCUT2D eigenvalue weighted by Gasteiger charge is -2.05. The van der Waals surface area contributed by atoms with Crippen LogP contribution >= 0.6 is 45.9 Å². The van der Waals surface area contributed by atoms with E-state index in [1.165, 1.54) is 32.0 Å². The summed E-state index contributed by atoms with van der Waals surface area (Å²) in [5, 5.41) is 7.33. The summed E-state index contributed by atoms with van der Waals surface area (Å²) in [5.41, 5.74) is 3.32. The van der Waals surface area contributed by atoms with E-state index in [1.807, 2.05) is 60.7 Å². The minimum Gasteiger partial charge on any atom is -0.267 e. The number of para-hydroxylation sites is 2. The number of H-pyrrole nitrogens is 2. The number of nitrogens with zero attached hydrogens (tertiary/aromatic N) is 6. The van der Waals surface area contributed by atoms with Crippen molar-refractivity contribution in [2.75, 3.05) is 0 Å². The van der Waals surface area contributed by atoms with Crippen LogP contribution < -0.4 is 19.2 Å². The second kappa shape index (κ2) is 14.8. The minimum atomic E-state index is -0.383. The molecule has 0 unspecified atom stereocenters. The largest absolute Gasteiger partial charge is 0.279 e. The first kappa shape index (κ1) is 32.9. The zero-order chi connectivity index (χ0) is 34.5. The van der Waals surface area contributed by atoms with Gasteiger partial charge < -0.3 is 0 Å². The Balaban J connectivity index is 1.24. The molecule has 0 saturated heterocycles. The molecule has 5 aromatic carbocycles. The van der Waals surface area contributed by atoms with Gasteiger partial charge >= 0.3 is 0 Å². The van der Waals surface area contributed by atoms with Crippen molar-refractivity contribution in [1.82, 2.24) is 19.6 Å². The van der Waals surface area contributed by atoms with Crippen molar-refractivity contribution in [2.24, 2.45) is 20.0 Å². The lowest BCUT2D eigenvalue weighted by atomic mass is 10.1. The molecule has 0 radical (unpaired) electrons. The van der Waals surface area contributed by atoms with Crippen molar-refractivity contribution in [1.29, 1.82) is 0 Å². The molecule has 0 amide bonds. The average molecular weight is 736 g/mol. The number of halogens is 2. The van der Waals surface area contributed by atoms with Crippen LogP contribution in [0.4, 0.5) is 22.7 Å². The first-order chi connectivity index (χ1) is 24.4. The summed E-state index contributed by atoms with van der Waals surface area (Å²) in [6, 6.07) is 39.1. The number of carbonyl (C=O) groups excluding carboxylic acids is 2. The van der Waals surface area contributed by atoms with E-state index in [-0.39, 0.29) is 11.8 Å². The minimum absolute atomic E-state index is 0.329. The maximum atomic E-state index is 13.9. The van der Waals surface area contributed by atoms with E-state index >= 15 is 0 Å². The molecule has 10 nitrogen and oxygen atoms in total. The van der Waals surface area contributed by atoms with Crippen molar-refractivity contribution >= 4 is 80.4 Å². The van der Waals surface area contributed by atoms with Crippen LogP contribution in [0, 0.1) is 0 Å². The number of hydrogen-bond donors (Lipinski definition) is 2. The Kier molecular flexibility index (Phi) is 9.76. The molecular formula is C36H24Cl2N8O2S2. The summed E-state index contributed by atoms with van der Waals surface area (Å²) < 4.78 is 2.68. The molecule has 0 fully saturated rings. The molecule has 50 heavy (non-hydrogen) atoms. The fourth-order valence-corrected chi connectivity index (χ4v) is 6.53. The molecule has 7 rings (SSSR count). The van der Waals surface area contributed by atoms with Gasteiger partial charge in [-0.15, -0.1) is 0 Å². The summed E-state index contributed by atoms with van der Waals surface area (Å²) in [6.45, 7) is 0. The van der Waals surface area contributed by atoms with E-state index in [0.29, 0.717) is 63.1 Å². The maximum absolute atomic E-state index is 13.9. The standard InChI is InChI=1S/C36H24Cl2N8O2S2/c37-25-15-19-29(20-16-25)39-33-43-45(35(49-33)41-27-7-3-1-4-8-27)31(47)23-11-13-24(14-12-23)32(48)46-36(42-28-9-5-2-6-10-28)50-34(44-46)40-30-21-17-26(38)18-22-30/h1-22H,(H,39,43)(H,40,44). The van der Waals surface area contributed by atoms with E-state index in [9.17, 15) is 9.59 Å². The number of hydrogen-bond acceptors (Lipinski definition) is 8. The second-order valence-corrected chi connectivity index (χ2v) is 13.3. The summed E-state index contributed by atoms with van der Waals surface area (Å²) in [5.74, 6) is -0.767. The second-order valence-electron chi connectivity index (χ2n) is 10.5. The average Bonchev–Trinajstić information content (AvgIpc) is 3.73. The number of carbonyl (C=O) groups is 2. The first-order valence-electron chi connectivity index (χ1n) is 15.0. The normalized spacial score (nSPS) is 12.8. The van der Waals surface area contributed by atoms with Gasteiger partial charge in [0, 0.05) is 21.2 Å². The van der Waals surface area contributed by atoms with Crippen molar-refractivity contribution in [3.05, 3.63) is 174 Å². The Hall–Kier alpha value is -5.66. The van der Waals surface area contributed by atoms with Gasteiger partial charge in [0.15, 0.2) is 0 Å². The van der Waals surface area contributed by atoms with Crippen molar-refractivity contribution < 1.29 is 9.59 Å². The molecule has 7 aromatic rings. The van der Waals surface area contributed by atoms with E-state index in [2.05, 4.69) is 20.2 Å². The van der Waals surface area contributed by atoms with Crippen molar-refractivity contribution in [3.63, 3.8) is 0 Å².